The van der Waals surface area contributed by atoms with Crippen LogP contribution in [0.5, 0.6) is 0 Å². The van der Waals surface area contributed by atoms with Crippen LogP contribution in [0.15, 0.2) is 23.2 Å². The quantitative estimate of drug-likeness (QED) is 0.712. The first-order valence-corrected chi connectivity index (χ1v) is 6.21. The average molecular weight is 264 g/mol. The number of nitrogens with one attached hydrogen (secondary N) is 2. The molecule has 0 radical (unpaired) electrons. The smallest absolute Gasteiger partial charge is 0.176 e. The maximum absolute atomic E-state index is 9.11. The van der Waals surface area contributed by atoms with Gasteiger partial charge in [-0.2, -0.15) is 10.4 Å². The number of imidazole rings is 1. The van der Waals surface area contributed by atoms with Crippen LogP contribution in [0.3, 0.4) is 0 Å². The molecule has 1 aromatic carbocycles. The van der Waals surface area contributed by atoms with Gasteiger partial charge in [0, 0.05) is 5.56 Å². The molecule has 0 amide bonds. The summed E-state index contributed by atoms with van der Waals surface area (Å²) in [5, 5.41) is 16.2. The van der Waals surface area contributed by atoms with Gasteiger partial charge >= 0.3 is 0 Å². The molecule has 6 heteroatoms. The van der Waals surface area contributed by atoms with Crippen molar-refractivity contribution in [3.8, 4) is 17.6 Å². The number of nitrogens with zero attached hydrogens (tertiary/aromatic N) is 4. The van der Waals surface area contributed by atoms with E-state index in [-0.39, 0.29) is 0 Å². The van der Waals surface area contributed by atoms with E-state index in [1.54, 1.807) is 6.07 Å². The SMILES string of the molecule is C=Nc1n[nH]c(-c2nc3c(C#N)cccc3[nH]2)c1CC. The van der Waals surface area contributed by atoms with Gasteiger partial charge in [-0.1, -0.05) is 13.0 Å². The van der Waals surface area contributed by atoms with Crippen molar-refractivity contribution in [3.63, 3.8) is 0 Å². The second kappa shape index (κ2) is 4.63. The van der Waals surface area contributed by atoms with E-state index >= 15 is 0 Å². The minimum atomic E-state index is 0.546. The molecule has 6 nitrogen and oxygen atoms in total. The van der Waals surface area contributed by atoms with Gasteiger partial charge in [-0.15, -0.1) is 0 Å². The van der Waals surface area contributed by atoms with E-state index in [9.17, 15) is 0 Å². The van der Waals surface area contributed by atoms with Gasteiger partial charge in [0.1, 0.15) is 17.3 Å². The Kier molecular flexibility index (Phi) is 2.80. The van der Waals surface area contributed by atoms with E-state index in [0.717, 1.165) is 23.2 Å². The van der Waals surface area contributed by atoms with Crippen LogP contribution in [0.4, 0.5) is 5.82 Å². The summed E-state index contributed by atoms with van der Waals surface area (Å²) in [6, 6.07) is 7.61. The van der Waals surface area contributed by atoms with Gasteiger partial charge in [-0.3, -0.25) is 5.10 Å². The lowest BCUT2D eigenvalue weighted by Gasteiger charge is -1.96. The van der Waals surface area contributed by atoms with E-state index in [2.05, 4.69) is 37.9 Å². The van der Waals surface area contributed by atoms with Gasteiger partial charge in [-0.05, 0) is 25.3 Å². The lowest BCUT2D eigenvalue weighted by Crippen LogP contribution is -1.86. The van der Waals surface area contributed by atoms with Gasteiger partial charge in [0.25, 0.3) is 0 Å². The number of nitriles is 1. The van der Waals surface area contributed by atoms with Crippen molar-refractivity contribution >= 4 is 23.6 Å². The summed E-state index contributed by atoms with van der Waals surface area (Å²) in [5.41, 5.74) is 3.77. The van der Waals surface area contributed by atoms with Crippen LogP contribution in [0.25, 0.3) is 22.6 Å². The molecule has 0 bridgehead atoms. The monoisotopic (exact) mass is 264 g/mol. The summed E-state index contributed by atoms with van der Waals surface area (Å²) in [4.78, 5) is 11.6. The molecule has 0 saturated heterocycles. The van der Waals surface area contributed by atoms with Crippen molar-refractivity contribution in [3.05, 3.63) is 29.3 Å². The Hall–Kier alpha value is -2.94. The first kappa shape index (κ1) is 12.1. The zero-order valence-corrected chi connectivity index (χ0v) is 10.9. The van der Waals surface area contributed by atoms with Crippen LogP contribution in [0.1, 0.15) is 18.1 Å². The molecule has 2 N–H and O–H groups in total. The lowest BCUT2D eigenvalue weighted by atomic mass is 10.2. The Bertz CT molecular complexity index is 833. The first-order valence-electron chi connectivity index (χ1n) is 6.21. The minimum absolute atomic E-state index is 0.546. The molecule has 0 fully saturated rings. The van der Waals surface area contributed by atoms with Crippen LogP contribution in [-0.4, -0.2) is 26.9 Å². The maximum Gasteiger partial charge on any atom is 0.176 e. The third kappa shape index (κ3) is 1.68. The van der Waals surface area contributed by atoms with Gasteiger partial charge < -0.3 is 4.98 Å². The number of para-hydroxylation sites is 1. The number of aliphatic imine (C=N–C) groups is 1. The topological polar surface area (TPSA) is 93.5 Å². The van der Waals surface area contributed by atoms with E-state index in [0.29, 0.717) is 22.7 Å². The van der Waals surface area contributed by atoms with E-state index in [1.807, 2.05) is 19.1 Å². The summed E-state index contributed by atoms with van der Waals surface area (Å²) < 4.78 is 0. The van der Waals surface area contributed by atoms with E-state index < -0.39 is 0 Å². The van der Waals surface area contributed by atoms with Gasteiger partial charge in [0.2, 0.25) is 0 Å². The number of hydrogen-bond donors (Lipinski definition) is 2. The zero-order chi connectivity index (χ0) is 14.1. The number of aromatic amines is 2. The van der Waals surface area contributed by atoms with Gasteiger partial charge in [-0.25, -0.2) is 9.98 Å². The standard InChI is InChI=1S/C14H12N6/c1-3-9-12(19-20-13(9)16-2)14-17-10-6-4-5-8(7-15)11(10)18-14/h4-6H,2-3H2,1H3,(H,17,18)(H,19,20). The molecule has 0 aliphatic heterocycles. The summed E-state index contributed by atoms with van der Waals surface area (Å²) in [6.45, 7) is 5.53. The normalized spacial score (nSPS) is 10.6. The van der Waals surface area contributed by atoms with Gasteiger partial charge in [0.05, 0.1) is 11.1 Å². The fourth-order valence-electron chi connectivity index (χ4n) is 2.26. The maximum atomic E-state index is 9.11. The van der Waals surface area contributed by atoms with Crippen molar-refractivity contribution in [1.29, 1.82) is 5.26 Å². The van der Waals surface area contributed by atoms with Crippen molar-refractivity contribution < 1.29 is 0 Å². The van der Waals surface area contributed by atoms with Crippen molar-refractivity contribution in [2.45, 2.75) is 13.3 Å². The number of aromatic nitrogens is 4. The van der Waals surface area contributed by atoms with Crippen LogP contribution < -0.4 is 0 Å². The largest absolute Gasteiger partial charge is 0.337 e. The second-order valence-electron chi connectivity index (χ2n) is 4.31. The predicted octanol–water partition coefficient (Wildman–Crippen LogP) is 2.72. The number of fused-ring (bicyclic) bond motifs is 1. The minimum Gasteiger partial charge on any atom is -0.337 e. The Labute approximate surface area is 115 Å². The second-order valence-corrected chi connectivity index (χ2v) is 4.31. The van der Waals surface area contributed by atoms with Gasteiger partial charge in [0.15, 0.2) is 11.6 Å². The third-order valence-corrected chi connectivity index (χ3v) is 3.22. The number of hydrogen-bond acceptors (Lipinski definition) is 4. The molecule has 98 valence electrons. The van der Waals surface area contributed by atoms with Crippen LogP contribution in [0.2, 0.25) is 0 Å². The number of benzene rings is 1. The highest BCUT2D eigenvalue weighted by Gasteiger charge is 2.16. The Morgan fingerprint density at radius 2 is 2.30 bits per heavy atom. The number of rotatable bonds is 3. The molecule has 0 spiro atoms. The van der Waals surface area contributed by atoms with Crippen molar-refractivity contribution in [2.75, 3.05) is 0 Å². The summed E-state index contributed by atoms with van der Waals surface area (Å²) >= 11 is 0. The molecule has 0 atom stereocenters. The molecule has 0 saturated carbocycles. The van der Waals surface area contributed by atoms with Crippen LogP contribution in [0, 0.1) is 11.3 Å². The average Bonchev–Trinajstić information content (AvgIpc) is 3.08. The van der Waals surface area contributed by atoms with Crippen LogP contribution >= 0.6 is 0 Å². The highest BCUT2D eigenvalue weighted by molar-refractivity contribution is 5.84. The molecule has 3 aromatic rings. The zero-order valence-electron chi connectivity index (χ0n) is 10.9. The Morgan fingerprint density at radius 1 is 1.45 bits per heavy atom. The summed E-state index contributed by atoms with van der Waals surface area (Å²) in [7, 11) is 0. The fourth-order valence-corrected chi connectivity index (χ4v) is 2.26. The Balaban J connectivity index is 2.23. The Morgan fingerprint density at radius 3 is 3.00 bits per heavy atom. The molecule has 0 aliphatic carbocycles. The molecule has 0 aliphatic rings. The molecular formula is C14H12N6. The molecule has 2 aromatic heterocycles. The van der Waals surface area contributed by atoms with E-state index in [4.69, 9.17) is 5.26 Å². The molecular weight excluding hydrogens is 252 g/mol. The van der Waals surface area contributed by atoms with Crippen LogP contribution in [-0.2, 0) is 6.42 Å². The van der Waals surface area contributed by atoms with Crippen molar-refractivity contribution in [1.82, 2.24) is 20.2 Å². The fraction of sp³-hybridized carbons (Fsp3) is 0.143. The molecule has 20 heavy (non-hydrogen) atoms. The predicted molar refractivity (Wildman–Crippen MR) is 77.0 cm³/mol. The summed E-state index contributed by atoms with van der Waals surface area (Å²) in [6.07, 6.45) is 0.766. The number of H-pyrrole nitrogens is 2. The molecule has 0 unspecified atom stereocenters. The highest BCUT2D eigenvalue weighted by atomic mass is 15.2. The van der Waals surface area contributed by atoms with E-state index in [1.165, 1.54) is 0 Å². The molecule has 3 rings (SSSR count). The third-order valence-electron chi connectivity index (χ3n) is 3.22. The lowest BCUT2D eigenvalue weighted by molar-refractivity contribution is 1.08. The highest BCUT2D eigenvalue weighted by Crippen LogP contribution is 2.28. The summed E-state index contributed by atoms with van der Waals surface area (Å²) in [5.74, 6) is 1.24. The molecule has 2 heterocycles. The van der Waals surface area contributed by atoms with Crippen molar-refractivity contribution in [2.24, 2.45) is 4.99 Å². The first-order chi connectivity index (χ1) is 9.78.